The van der Waals surface area contributed by atoms with E-state index in [9.17, 15) is 9.59 Å². The number of fused-ring (bicyclic) bond motifs is 1. The molecule has 2 aromatic carbocycles. The van der Waals surface area contributed by atoms with Crippen LogP contribution in [-0.4, -0.2) is 29.3 Å². The fourth-order valence-corrected chi connectivity index (χ4v) is 3.76. The van der Waals surface area contributed by atoms with Crippen molar-refractivity contribution in [2.45, 2.75) is 39.2 Å². The summed E-state index contributed by atoms with van der Waals surface area (Å²) in [6.07, 6.45) is 2.10. The third-order valence-electron chi connectivity index (χ3n) is 4.56. The minimum absolute atomic E-state index is 0.0782. The lowest BCUT2D eigenvalue weighted by Crippen LogP contribution is -2.43. The van der Waals surface area contributed by atoms with Gasteiger partial charge in [0.2, 0.25) is 11.8 Å². The highest BCUT2D eigenvalue weighted by atomic mass is 79.9. The molecule has 1 aliphatic rings. The van der Waals surface area contributed by atoms with Gasteiger partial charge in [-0.15, -0.1) is 0 Å². The molecule has 0 unspecified atom stereocenters. The van der Waals surface area contributed by atoms with E-state index in [2.05, 4.69) is 21.2 Å². The molecular weight excluding hydrogens is 380 g/mol. The van der Waals surface area contributed by atoms with Crippen molar-refractivity contribution in [1.82, 2.24) is 4.90 Å². The maximum atomic E-state index is 12.8. The number of rotatable bonds is 4. The number of amides is 2. The van der Waals surface area contributed by atoms with Crippen LogP contribution in [0.2, 0.25) is 0 Å². The third-order valence-corrected chi connectivity index (χ3v) is 5.05. The van der Waals surface area contributed by atoms with Gasteiger partial charge in [0.25, 0.3) is 0 Å². The van der Waals surface area contributed by atoms with Crippen molar-refractivity contribution >= 4 is 44.2 Å². The molecule has 0 bridgehead atoms. The van der Waals surface area contributed by atoms with Crippen LogP contribution >= 0.6 is 15.9 Å². The lowest BCUT2D eigenvalue weighted by atomic mass is 10.1. The normalized spacial score (nSPS) is 17.3. The molecule has 3 rings (SSSR count). The van der Waals surface area contributed by atoms with E-state index in [1.165, 1.54) is 0 Å². The number of anilines is 1. The molecule has 0 aromatic heterocycles. The molecule has 1 aliphatic heterocycles. The Bertz CT molecular complexity index is 803. The Morgan fingerprint density at radius 3 is 2.84 bits per heavy atom. The molecule has 1 heterocycles. The van der Waals surface area contributed by atoms with E-state index in [1.54, 1.807) is 4.90 Å². The van der Waals surface area contributed by atoms with E-state index in [-0.39, 0.29) is 17.9 Å². The summed E-state index contributed by atoms with van der Waals surface area (Å²) in [5, 5.41) is 5.10. The number of hydrogen-bond acceptors (Lipinski definition) is 2. The monoisotopic (exact) mass is 402 g/mol. The summed E-state index contributed by atoms with van der Waals surface area (Å²) in [7, 11) is 0. The lowest BCUT2D eigenvalue weighted by Gasteiger charge is -2.25. The average molecular weight is 403 g/mol. The maximum Gasteiger partial charge on any atom is 0.247 e. The predicted molar refractivity (Wildman–Crippen MR) is 104 cm³/mol. The van der Waals surface area contributed by atoms with Gasteiger partial charge >= 0.3 is 0 Å². The van der Waals surface area contributed by atoms with Gasteiger partial charge in [0, 0.05) is 28.5 Å². The number of carbonyl (C=O) groups excluding carboxylic acids is 2. The molecule has 1 fully saturated rings. The Morgan fingerprint density at radius 1 is 1.28 bits per heavy atom. The first kappa shape index (κ1) is 17.9. The average Bonchev–Trinajstić information content (AvgIpc) is 3.04. The van der Waals surface area contributed by atoms with Crippen LogP contribution in [0.1, 0.15) is 33.1 Å². The van der Waals surface area contributed by atoms with E-state index in [4.69, 9.17) is 0 Å². The van der Waals surface area contributed by atoms with Crippen LogP contribution in [0.4, 0.5) is 5.69 Å². The van der Waals surface area contributed by atoms with Crippen LogP contribution in [0, 0.1) is 5.92 Å². The number of halogens is 1. The van der Waals surface area contributed by atoms with Crippen LogP contribution in [0.3, 0.4) is 0 Å². The van der Waals surface area contributed by atoms with Gasteiger partial charge in [-0.1, -0.05) is 48.0 Å². The summed E-state index contributed by atoms with van der Waals surface area (Å²) < 4.78 is 1.00. The van der Waals surface area contributed by atoms with Crippen LogP contribution < -0.4 is 5.32 Å². The Hall–Kier alpha value is -1.88. The number of benzene rings is 2. The molecule has 1 N–H and O–H groups in total. The minimum atomic E-state index is -0.364. The van der Waals surface area contributed by atoms with Gasteiger partial charge in [-0.25, -0.2) is 0 Å². The molecule has 0 saturated carbocycles. The summed E-state index contributed by atoms with van der Waals surface area (Å²) in [6, 6.07) is 11.5. The molecule has 0 radical (unpaired) electrons. The highest BCUT2D eigenvalue weighted by Gasteiger charge is 2.34. The topological polar surface area (TPSA) is 49.4 Å². The predicted octanol–water partition coefficient (Wildman–Crippen LogP) is 4.58. The van der Waals surface area contributed by atoms with Crippen molar-refractivity contribution < 1.29 is 9.59 Å². The zero-order chi connectivity index (χ0) is 18.0. The van der Waals surface area contributed by atoms with Crippen LogP contribution in [0.15, 0.2) is 40.9 Å². The second-order valence-corrected chi connectivity index (χ2v) is 7.92. The van der Waals surface area contributed by atoms with Crippen LogP contribution in [0.25, 0.3) is 10.8 Å². The van der Waals surface area contributed by atoms with E-state index < -0.39 is 0 Å². The summed E-state index contributed by atoms with van der Waals surface area (Å²) in [5.74, 6) is 0.285. The van der Waals surface area contributed by atoms with Crippen molar-refractivity contribution in [3.8, 4) is 0 Å². The van der Waals surface area contributed by atoms with Crippen LogP contribution in [-0.2, 0) is 9.59 Å². The molecule has 1 saturated heterocycles. The lowest BCUT2D eigenvalue weighted by molar-refractivity contribution is -0.137. The van der Waals surface area contributed by atoms with E-state index in [0.29, 0.717) is 18.9 Å². The molecular formula is C20H23BrN2O2. The Morgan fingerprint density at radius 2 is 2.08 bits per heavy atom. The smallest absolute Gasteiger partial charge is 0.247 e. The van der Waals surface area contributed by atoms with Gasteiger partial charge in [-0.2, -0.15) is 0 Å². The van der Waals surface area contributed by atoms with Crippen molar-refractivity contribution in [3.05, 3.63) is 40.9 Å². The van der Waals surface area contributed by atoms with Gasteiger partial charge in [-0.3, -0.25) is 9.59 Å². The van der Waals surface area contributed by atoms with E-state index in [0.717, 1.165) is 33.8 Å². The molecule has 1 atom stereocenters. The molecule has 0 aliphatic carbocycles. The highest BCUT2D eigenvalue weighted by molar-refractivity contribution is 9.10. The first-order valence-corrected chi connectivity index (χ1v) is 9.53. The largest absolute Gasteiger partial charge is 0.331 e. The van der Waals surface area contributed by atoms with Gasteiger partial charge in [0.05, 0.1) is 0 Å². The third kappa shape index (κ3) is 4.03. The number of likely N-dealkylation sites (tertiary alicyclic amines) is 1. The Labute approximate surface area is 156 Å². The molecule has 132 valence electrons. The summed E-state index contributed by atoms with van der Waals surface area (Å²) in [4.78, 5) is 27.0. The fourth-order valence-electron chi connectivity index (χ4n) is 3.38. The second kappa shape index (κ2) is 7.56. The number of hydrogen-bond donors (Lipinski definition) is 1. The quantitative estimate of drug-likeness (QED) is 0.813. The van der Waals surface area contributed by atoms with Crippen molar-refractivity contribution in [2.24, 2.45) is 5.92 Å². The van der Waals surface area contributed by atoms with Gasteiger partial charge in [-0.05, 0) is 42.3 Å². The van der Waals surface area contributed by atoms with Gasteiger partial charge < -0.3 is 10.2 Å². The van der Waals surface area contributed by atoms with E-state index >= 15 is 0 Å². The molecule has 25 heavy (non-hydrogen) atoms. The molecule has 2 aromatic rings. The standard InChI is InChI=1S/C20H23BrN2O2/c1-13(2)11-19(24)23-10-4-7-18(23)20(25)22-17-6-3-5-14-12-15(21)8-9-16(14)17/h3,5-6,8-9,12-13,18H,4,7,10-11H2,1-2H3,(H,22,25)/t18-/m0/s1. The Kier molecular flexibility index (Phi) is 5.42. The van der Waals surface area contributed by atoms with Gasteiger partial charge in [0.15, 0.2) is 0 Å². The SMILES string of the molecule is CC(C)CC(=O)N1CCC[C@H]1C(=O)Nc1cccc2cc(Br)ccc12. The fraction of sp³-hybridized carbons (Fsp3) is 0.400. The highest BCUT2D eigenvalue weighted by Crippen LogP contribution is 2.28. The van der Waals surface area contributed by atoms with Crippen molar-refractivity contribution in [2.75, 3.05) is 11.9 Å². The second-order valence-electron chi connectivity index (χ2n) is 7.00. The summed E-state index contributed by atoms with van der Waals surface area (Å²) in [5.41, 5.74) is 0.790. The summed E-state index contributed by atoms with van der Waals surface area (Å²) >= 11 is 3.47. The zero-order valence-electron chi connectivity index (χ0n) is 14.6. The molecule has 2 amide bonds. The zero-order valence-corrected chi connectivity index (χ0v) is 16.2. The van der Waals surface area contributed by atoms with Crippen molar-refractivity contribution in [3.63, 3.8) is 0 Å². The first-order chi connectivity index (χ1) is 12.0. The van der Waals surface area contributed by atoms with E-state index in [1.807, 2.05) is 50.2 Å². The maximum absolute atomic E-state index is 12.8. The van der Waals surface area contributed by atoms with Crippen molar-refractivity contribution in [1.29, 1.82) is 0 Å². The molecule has 4 nitrogen and oxygen atoms in total. The molecule has 5 heteroatoms. The Balaban J connectivity index is 1.79. The minimum Gasteiger partial charge on any atom is -0.331 e. The van der Waals surface area contributed by atoms with Gasteiger partial charge in [0.1, 0.15) is 6.04 Å². The number of nitrogens with one attached hydrogen (secondary N) is 1. The number of carbonyl (C=O) groups is 2. The van der Waals surface area contributed by atoms with Crippen LogP contribution in [0.5, 0.6) is 0 Å². The number of nitrogens with zero attached hydrogens (tertiary/aromatic N) is 1. The first-order valence-electron chi connectivity index (χ1n) is 8.74. The molecule has 0 spiro atoms. The summed E-state index contributed by atoms with van der Waals surface area (Å²) in [6.45, 7) is 4.72.